The first kappa shape index (κ1) is 23.0. The molecule has 0 heterocycles. The Morgan fingerprint density at radius 2 is 1.59 bits per heavy atom. The SMILES string of the molecule is CN=C(NCCc1cc(C)cc(C)c1)NCC(=O)NCc1ccccc1.I. The zero-order valence-corrected chi connectivity index (χ0v) is 18.5. The van der Waals surface area contributed by atoms with Crippen molar-refractivity contribution in [3.8, 4) is 0 Å². The lowest BCUT2D eigenvalue weighted by Gasteiger charge is -2.12. The molecule has 0 aliphatic heterocycles. The minimum Gasteiger partial charge on any atom is -0.356 e. The molecule has 0 bridgehead atoms. The van der Waals surface area contributed by atoms with Crippen LogP contribution in [0.4, 0.5) is 0 Å². The molecule has 2 aromatic rings. The average molecular weight is 480 g/mol. The van der Waals surface area contributed by atoms with Crippen LogP contribution in [0.15, 0.2) is 53.5 Å². The Bertz CT molecular complexity index is 727. The lowest BCUT2D eigenvalue weighted by molar-refractivity contribution is -0.120. The van der Waals surface area contributed by atoms with E-state index in [1.165, 1.54) is 16.7 Å². The fraction of sp³-hybridized carbons (Fsp3) is 0.333. The van der Waals surface area contributed by atoms with Crippen molar-refractivity contribution in [3.05, 3.63) is 70.8 Å². The maximum absolute atomic E-state index is 12.0. The number of hydrogen-bond donors (Lipinski definition) is 3. The summed E-state index contributed by atoms with van der Waals surface area (Å²) in [5, 5.41) is 9.17. The summed E-state index contributed by atoms with van der Waals surface area (Å²) in [5.41, 5.74) is 4.93. The molecular formula is C21H29IN4O. The standard InChI is InChI=1S/C21H28N4O.HI/c1-16-11-17(2)13-19(12-16)9-10-23-21(22-3)25-15-20(26)24-14-18-7-5-4-6-8-18;/h4-8,11-13H,9-10,14-15H2,1-3H3,(H,24,26)(H2,22,23,25);1H. The number of amides is 1. The number of aryl methyl sites for hydroxylation is 2. The number of hydrogen-bond acceptors (Lipinski definition) is 2. The molecular weight excluding hydrogens is 451 g/mol. The van der Waals surface area contributed by atoms with Crippen molar-refractivity contribution in [1.29, 1.82) is 0 Å². The number of benzene rings is 2. The monoisotopic (exact) mass is 480 g/mol. The summed E-state index contributed by atoms with van der Waals surface area (Å²) in [6.07, 6.45) is 0.906. The zero-order valence-electron chi connectivity index (χ0n) is 16.2. The van der Waals surface area contributed by atoms with Gasteiger partial charge in [0.2, 0.25) is 5.91 Å². The van der Waals surface area contributed by atoms with Crippen molar-refractivity contribution >= 4 is 35.8 Å². The van der Waals surface area contributed by atoms with Gasteiger partial charge in [0.25, 0.3) is 0 Å². The van der Waals surface area contributed by atoms with Crippen molar-refractivity contribution < 1.29 is 4.79 Å². The van der Waals surface area contributed by atoms with Crippen LogP contribution < -0.4 is 16.0 Å². The van der Waals surface area contributed by atoms with Gasteiger partial charge in [-0.05, 0) is 31.4 Å². The van der Waals surface area contributed by atoms with Crippen LogP contribution in [0.5, 0.6) is 0 Å². The molecule has 0 fully saturated rings. The van der Waals surface area contributed by atoms with Gasteiger partial charge in [-0.2, -0.15) is 0 Å². The zero-order chi connectivity index (χ0) is 18.8. The smallest absolute Gasteiger partial charge is 0.239 e. The lowest BCUT2D eigenvalue weighted by atomic mass is 10.1. The van der Waals surface area contributed by atoms with E-state index >= 15 is 0 Å². The van der Waals surface area contributed by atoms with Gasteiger partial charge in [-0.1, -0.05) is 59.7 Å². The topological polar surface area (TPSA) is 65.5 Å². The highest BCUT2D eigenvalue weighted by molar-refractivity contribution is 14.0. The Hall–Kier alpha value is -2.09. The van der Waals surface area contributed by atoms with Gasteiger partial charge in [-0.15, -0.1) is 24.0 Å². The Morgan fingerprint density at radius 3 is 2.22 bits per heavy atom. The predicted molar refractivity (Wildman–Crippen MR) is 123 cm³/mol. The molecule has 0 saturated carbocycles. The largest absolute Gasteiger partial charge is 0.356 e. The lowest BCUT2D eigenvalue weighted by Crippen LogP contribution is -2.43. The van der Waals surface area contributed by atoms with Crippen LogP contribution in [0.25, 0.3) is 0 Å². The van der Waals surface area contributed by atoms with E-state index in [1.54, 1.807) is 7.05 Å². The number of rotatable bonds is 7. The quantitative estimate of drug-likeness (QED) is 0.325. The second-order valence-electron chi connectivity index (χ2n) is 6.36. The fourth-order valence-electron chi connectivity index (χ4n) is 2.78. The predicted octanol–water partition coefficient (Wildman–Crippen LogP) is 2.95. The highest BCUT2D eigenvalue weighted by atomic mass is 127. The van der Waals surface area contributed by atoms with Crippen LogP contribution in [0.2, 0.25) is 0 Å². The molecule has 5 nitrogen and oxygen atoms in total. The molecule has 0 saturated heterocycles. The molecule has 27 heavy (non-hydrogen) atoms. The summed E-state index contributed by atoms with van der Waals surface area (Å²) < 4.78 is 0. The number of carbonyl (C=O) groups is 1. The average Bonchev–Trinajstić information content (AvgIpc) is 2.63. The molecule has 2 aromatic carbocycles. The second-order valence-corrected chi connectivity index (χ2v) is 6.36. The first-order valence-corrected chi connectivity index (χ1v) is 8.89. The summed E-state index contributed by atoms with van der Waals surface area (Å²) in [6.45, 7) is 5.70. The van der Waals surface area contributed by atoms with E-state index in [0.29, 0.717) is 12.5 Å². The minimum absolute atomic E-state index is 0. The number of halogens is 1. The molecule has 0 unspecified atom stereocenters. The van der Waals surface area contributed by atoms with E-state index in [9.17, 15) is 4.79 Å². The van der Waals surface area contributed by atoms with Crippen molar-refractivity contribution in [2.75, 3.05) is 20.1 Å². The molecule has 0 radical (unpaired) electrons. The molecule has 0 atom stereocenters. The normalized spacial score (nSPS) is 10.7. The first-order valence-electron chi connectivity index (χ1n) is 8.89. The van der Waals surface area contributed by atoms with E-state index in [0.717, 1.165) is 18.5 Å². The third-order valence-electron chi connectivity index (χ3n) is 3.96. The minimum atomic E-state index is -0.0638. The Kier molecular flexibility index (Phi) is 10.5. The number of nitrogens with one attached hydrogen (secondary N) is 3. The first-order chi connectivity index (χ1) is 12.6. The maximum Gasteiger partial charge on any atom is 0.239 e. The van der Waals surface area contributed by atoms with Crippen molar-refractivity contribution in [1.82, 2.24) is 16.0 Å². The molecule has 146 valence electrons. The Balaban J connectivity index is 0.00000364. The van der Waals surface area contributed by atoms with E-state index in [2.05, 4.69) is 53.0 Å². The summed E-state index contributed by atoms with van der Waals surface area (Å²) in [6, 6.07) is 16.4. The summed E-state index contributed by atoms with van der Waals surface area (Å²) in [7, 11) is 1.70. The van der Waals surface area contributed by atoms with Crippen LogP contribution in [0, 0.1) is 13.8 Å². The molecule has 2 rings (SSSR count). The van der Waals surface area contributed by atoms with Gasteiger partial charge in [0.05, 0.1) is 6.54 Å². The third kappa shape index (κ3) is 8.90. The van der Waals surface area contributed by atoms with E-state index < -0.39 is 0 Å². The molecule has 6 heteroatoms. The van der Waals surface area contributed by atoms with E-state index in [1.807, 2.05) is 30.3 Å². The van der Waals surface area contributed by atoms with Crippen LogP contribution in [-0.4, -0.2) is 32.0 Å². The highest BCUT2D eigenvalue weighted by Crippen LogP contribution is 2.08. The Labute approximate surface area is 179 Å². The molecule has 3 N–H and O–H groups in total. The Morgan fingerprint density at radius 1 is 0.926 bits per heavy atom. The van der Waals surface area contributed by atoms with Crippen molar-refractivity contribution in [2.45, 2.75) is 26.8 Å². The van der Waals surface area contributed by atoms with Gasteiger partial charge in [0.15, 0.2) is 5.96 Å². The maximum atomic E-state index is 12.0. The van der Waals surface area contributed by atoms with Crippen LogP contribution in [-0.2, 0) is 17.8 Å². The molecule has 0 aliphatic carbocycles. The van der Waals surface area contributed by atoms with Gasteiger partial charge >= 0.3 is 0 Å². The summed E-state index contributed by atoms with van der Waals surface area (Å²) >= 11 is 0. The second kappa shape index (κ2) is 12.3. The molecule has 0 aliphatic rings. The van der Waals surface area contributed by atoms with Crippen molar-refractivity contribution in [2.24, 2.45) is 4.99 Å². The number of guanidine groups is 1. The number of carbonyl (C=O) groups excluding carboxylic acids is 1. The van der Waals surface area contributed by atoms with Crippen LogP contribution >= 0.6 is 24.0 Å². The number of nitrogens with zero attached hydrogens (tertiary/aromatic N) is 1. The van der Waals surface area contributed by atoms with Gasteiger partial charge in [-0.25, -0.2) is 0 Å². The third-order valence-corrected chi connectivity index (χ3v) is 3.96. The number of aliphatic imine (C=N–C) groups is 1. The van der Waals surface area contributed by atoms with E-state index in [-0.39, 0.29) is 36.4 Å². The molecule has 1 amide bonds. The fourth-order valence-corrected chi connectivity index (χ4v) is 2.78. The van der Waals surface area contributed by atoms with E-state index in [4.69, 9.17) is 0 Å². The molecule has 0 spiro atoms. The molecule has 0 aromatic heterocycles. The summed E-state index contributed by atoms with van der Waals surface area (Å²) in [5.74, 6) is 0.565. The van der Waals surface area contributed by atoms with Crippen LogP contribution in [0.3, 0.4) is 0 Å². The van der Waals surface area contributed by atoms with Crippen molar-refractivity contribution in [3.63, 3.8) is 0 Å². The highest BCUT2D eigenvalue weighted by Gasteiger charge is 2.04. The van der Waals surface area contributed by atoms with Crippen LogP contribution in [0.1, 0.15) is 22.3 Å². The van der Waals surface area contributed by atoms with Gasteiger partial charge < -0.3 is 16.0 Å². The van der Waals surface area contributed by atoms with Gasteiger partial charge in [0, 0.05) is 20.1 Å². The summed E-state index contributed by atoms with van der Waals surface area (Å²) in [4.78, 5) is 16.1. The van der Waals surface area contributed by atoms with Gasteiger partial charge in [0.1, 0.15) is 0 Å². The van der Waals surface area contributed by atoms with Gasteiger partial charge in [-0.3, -0.25) is 9.79 Å².